The van der Waals surface area contributed by atoms with Crippen molar-refractivity contribution in [2.45, 2.75) is 12.8 Å². The van der Waals surface area contributed by atoms with Crippen LogP contribution in [-0.4, -0.2) is 31.4 Å². The molecule has 1 fully saturated rings. The summed E-state index contributed by atoms with van der Waals surface area (Å²) in [5.41, 5.74) is 1.87. The van der Waals surface area contributed by atoms with Crippen LogP contribution < -0.4 is 16.0 Å². The zero-order valence-corrected chi connectivity index (χ0v) is 14.1. The van der Waals surface area contributed by atoms with Gasteiger partial charge in [-0.05, 0) is 68.2 Å². The van der Waals surface area contributed by atoms with Gasteiger partial charge >= 0.3 is 0 Å². The van der Waals surface area contributed by atoms with Crippen molar-refractivity contribution in [3.63, 3.8) is 0 Å². The first-order valence-corrected chi connectivity index (χ1v) is 8.68. The molecule has 2 aromatic rings. The third-order valence-electron chi connectivity index (χ3n) is 4.44. The molecule has 0 bridgehead atoms. The Kier molecular flexibility index (Phi) is 5.80. The van der Waals surface area contributed by atoms with Crippen molar-refractivity contribution in [3.8, 4) is 0 Å². The van der Waals surface area contributed by atoms with E-state index in [-0.39, 0.29) is 11.8 Å². The van der Waals surface area contributed by atoms with Gasteiger partial charge in [-0.2, -0.15) is 0 Å². The minimum atomic E-state index is -0.164. The summed E-state index contributed by atoms with van der Waals surface area (Å²) in [4.78, 5) is 24.3. The molecular formula is C20H23N3O2. The first-order valence-electron chi connectivity index (χ1n) is 8.68. The molecular weight excluding hydrogens is 314 g/mol. The van der Waals surface area contributed by atoms with Gasteiger partial charge in [0, 0.05) is 23.4 Å². The zero-order valence-electron chi connectivity index (χ0n) is 14.1. The number of carbonyl (C=O) groups is 2. The van der Waals surface area contributed by atoms with E-state index in [1.807, 2.05) is 18.2 Å². The fourth-order valence-electron chi connectivity index (χ4n) is 2.95. The first kappa shape index (κ1) is 17.2. The lowest BCUT2D eigenvalue weighted by Gasteiger charge is -2.10. The highest BCUT2D eigenvalue weighted by atomic mass is 16.2. The van der Waals surface area contributed by atoms with Crippen molar-refractivity contribution >= 4 is 17.5 Å². The maximum Gasteiger partial charge on any atom is 0.255 e. The van der Waals surface area contributed by atoms with Crippen LogP contribution in [0, 0.1) is 5.92 Å². The van der Waals surface area contributed by atoms with Gasteiger partial charge in [-0.3, -0.25) is 9.59 Å². The maximum atomic E-state index is 12.2. The lowest BCUT2D eigenvalue weighted by Crippen LogP contribution is -2.26. The summed E-state index contributed by atoms with van der Waals surface area (Å²) in [6.45, 7) is 2.82. The number of hydrogen-bond donors (Lipinski definition) is 3. The van der Waals surface area contributed by atoms with E-state index in [1.165, 1.54) is 6.42 Å². The number of rotatable bonds is 6. The molecule has 1 saturated heterocycles. The highest BCUT2D eigenvalue weighted by molar-refractivity contribution is 6.04. The Morgan fingerprint density at radius 2 is 1.68 bits per heavy atom. The zero-order chi connectivity index (χ0) is 17.5. The second-order valence-corrected chi connectivity index (χ2v) is 6.30. The average molecular weight is 337 g/mol. The molecule has 1 unspecified atom stereocenters. The van der Waals surface area contributed by atoms with E-state index in [9.17, 15) is 9.59 Å². The molecule has 3 N–H and O–H groups in total. The summed E-state index contributed by atoms with van der Waals surface area (Å²) in [7, 11) is 0. The second kappa shape index (κ2) is 8.44. The van der Waals surface area contributed by atoms with Crippen LogP contribution in [0.3, 0.4) is 0 Å². The summed E-state index contributed by atoms with van der Waals surface area (Å²) in [5, 5.41) is 9.11. The van der Waals surface area contributed by atoms with Gasteiger partial charge in [0.15, 0.2) is 0 Å². The third kappa shape index (κ3) is 4.90. The van der Waals surface area contributed by atoms with Crippen molar-refractivity contribution in [2.75, 3.05) is 25.0 Å². The largest absolute Gasteiger partial charge is 0.352 e. The summed E-state index contributed by atoms with van der Waals surface area (Å²) < 4.78 is 0. The first-order chi connectivity index (χ1) is 12.2. The number of anilines is 1. The van der Waals surface area contributed by atoms with Crippen molar-refractivity contribution in [1.29, 1.82) is 0 Å². The van der Waals surface area contributed by atoms with Gasteiger partial charge in [0.1, 0.15) is 0 Å². The van der Waals surface area contributed by atoms with Gasteiger partial charge in [-0.15, -0.1) is 0 Å². The Morgan fingerprint density at radius 3 is 2.36 bits per heavy atom. The van der Waals surface area contributed by atoms with Gasteiger partial charge in [-0.25, -0.2) is 0 Å². The molecule has 5 nitrogen and oxygen atoms in total. The molecule has 1 atom stereocenters. The van der Waals surface area contributed by atoms with Gasteiger partial charge in [-0.1, -0.05) is 18.2 Å². The van der Waals surface area contributed by atoms with E-state index in [2.05, 4.69) is 16.0 Å². The van der Waals surface area contributed by atoms with Crippen LogP contribution in [0.15, 0.2) is 54.6 Å². The van der Waals surface area contributed by atoms with E-state index in [0.717, 1.165) is 19.5 Å². The molecule has 0 saturated carbocycles. The van der Waals surface area contributed by atoms with Gasteiger partial charge in [0.05, 0.1) is 0 Å². The Labute approximate surface area is 147 Å². The summed E-state index contributed by atoms with van der Waals surface area (Å²) in [6.07, 6.45) is 2.19. The molecule has 1 heterocycles. The van der Waals surface area contributed by atoms with E-state index in [1.54, 1.807) is 36.4 Å². The van der Waals surface area contributed by atoms with Crippen LogP contribution in [-0.2, 0) is 0 Å². The molecule has 3 rings (SSSR count). The predicted octanol–water partition coefficient (Wildman–Crippen LogP) is 2.67. The summed E-state index contributed by atoms with van der Waals surface area (Å²) in [5.74, 6) is 0.422. The Hall–Kier alpha value is -2.66. The van der Waals surface area contributed by atoms with E-state index in [4.69, 9.17) is 0 Å². The normalized spacial score (nSPS) is 16.4. The Morgan fingerprint density at radius 1 is 0.960 bits per heavy atom. The van der Waals surface area contributed by atoms with E-state index < -0.39 is 0 Å². The van der Waals surface area contributed by atoms with Crippen LogP contribution in [0.2, 0.25) is 0 Å². The monoisotopic (exact) mass is 337 g/mol. The van der Waals surface area contributed by atoms with Crippen molar-refractivity contribution in [2.24, 2.45) is 5.92 Å². The lowest BCUT2D eigenvalue weighted by atomic mass is 10.1. The quantitative estimate of drug-likeness (QED) is 0.759. The molecule has 25 heavy (non-hydrogen) atoms. The minimum Gasteiger partial charge on any atom is -0.352 e. The predicted molar refractivity (Wildman–Crippen MR) is 98.8 cm³/mol. The molecule has 1 aliphatic rings. The minimum absolute atomic E-state index is 0.0770. The number of benzene rings is 2. The number of carbonyl (C=O) groups excluding carboxylic acids is 2. The molecule has 2 aromatic carbocycles. The summed E-state index contributed by atoms with van der Waals surface area (Å²) in [6, 6.07) is 16.0. The molecule has 5 heteroatoms. The standard InChI is InChI=1S/C20H23N3O2/c24-19(22-13-11-15-10-12-21-14-15)17-6-8-18(9-7-17)23-20(25)16-4-2-1-3-5-16/h1-9,15,21H,10-14H2,(H,22,24)(H,23,25). The second-order valence-electron chi connectivity index (χ2n) is 6.30. The summed E-state index contributed by atoms with van der Waals surface area (Å²) >= 11 is 0. The maximum absolute atomic E-state index is 12.2. The molecule has 0 radical (unpaired) electrons. The lowest BCUT2D eigenvalue weighted by molar-refractivity contribution is 0.0951. The van der Waals surface area contributed by atoms with E-state index >= 15 is 0 Å². The fraction of sp³-hybridized carbons (Fsp3) is 0.300. The number of hydrogen-bond acceptors (Lipinski definition) is 3. The number of nitrogens with one attached hydrogen (secondary N) is 3. The molecule has 130 valence electrons. The van der Waals surface area contributed by atoms with Crippen LogP contribution >= 0.6 is 0 Å². The highest BCUT2D eigenvalue weighted by Gasteiger charge is 2.14. The SMILES string of the molecule is O=C(NCCC1CCNC1)c1ccc(NC(=O)c2ccccc2)cc1. The molecule has 2 amide bonds. The van der Waals surface area contributed by atoms with Crippen molar-refractivity contribution < 1.29 is 9.59 Å². The van der Waals surface area contributed by atoms with Gasteiger partial charge < -0.3 is 16.0 Å². The van der Waals surface area contributed by atoms with Crippen LogP contribution in [0.1, 0.15) is 33.6 Å². The van der Waals surface area contributed by atoms with Crippen molar-refractivity contribution in [3.05, 3.63) is 65.7 Å². The third-order valence-corrected chi connectivity index (χ3v) is 4.44. The molecule has 1 aliphatic heterocycles. The topological polar surface area (TPSA) is 70.2 Å². The molecule has 0 spiro atoms. The van der Waals surface area contributed by atoms with E-state index in [0.29, 0.717) is 29.3 Å². The fourth-order valence-corrected chi connectivity index (χ4v) is 2.95. The van der Waals surface area contributed by atoms with Gasteiger partial charge in [0.25, 0.3) is 11.8 Å². The van der Waals surface area contributed by atoms with Crippen LogP contribution in [0.4, 0.5) is 5.69 Å². The average Bonchev–Trinajstić information content (AvgIpc) is 3.16. The van der Waals surface area contributed by atoms with Crippen LogP contribution in [0.5, 0.6) is 0 Å². The van der Waals surface area contributed by atoms with Gasteiger partial charge in [0.2, 0.25) is 0 Å². The molecule has 0 aromatic heterocycles. The Balaban J connectivity index is 1.49. The van der Waals surface area contributed by atoms with Crippen LogP contribution in [0.25, 0.3) is 0 Å². The smallest absolute Gasteiger partial charge is 0.255 e. The van der Waals surface area contributed by atoms with Crippen molar-refractivity contribution in [1.82, 2.24) is 10.6 Å². The Bertz CT molecular complexity index is 707. The number of amides is 2. The highest BCUT2D eigenvalue weighted by Crippen LogP contribution is 2.13. The molecule has 0 aliphatic carbocycles.